The van der Waals surface area contributed by atoms with Gasteiger partial charge in [0.15, 0.2) is 0 Å². The third kappa shape index (κ3) is 3.67. The Morgan fingerprint density at radius 2 is 1.60 bits per heavy atom. The molecule has 4 aromatic rings. The molecule has 0 unspecified atom stereocenters. The van der Waals surface area contributed by atoms with E-state index < -0.39 is 11.8 Å². The number of fused-ring (bicyclic) bond motifs is 1. The van der Waals surface area contributed by atoms with Crippen molar-refractivity contribution >= 4 is 16.9 Å². The van der Waals surface area contributed by atoms with E-state index in [9.17, 15) is 14.0 Å². The number of aryl methyl sites for hydroxylation is 1. The van der Waals surface area contributed by atoms with Crippen molar-refractivity contribution in [1.82, 2.24) is 0 Å². The van der Waals surface area contributed by atoms with Crippen LogP contribution in [0, 0.1) is 12.7 Å². The maximum atomic E-state index is 13.1. The Kier molecular flexibility index (Phi) is 5.06. The van der Waals surface area contributed by atoms with Gasteiger partial charge < -0.3 is 13.9 Å². The first kappa shape index (κ1) is 19.4. The van der Waals surface area contributed by atoms with Gasteiger partial charge in [-0.05, 0) is 61.0 Å². The molecule has 5 nitrogen and oxygen atoms in total. The topological polar surface area (TPSA) is 65.7 Å². The maximum absolute atomic E-state index is 13.1. The Balaban J connectivity index is 1.69. The third-order valence-electron chi connectivity index (χ3n) is 4.71. The first-order valence-electron chi connectivity index (χ1n) is 9.16. The number of carbonyl (C=O) groups is 1. The molecular weight excluding hydrogens is 387 g/mol. The summed E-state index contributed by atoms with van der Waals surface area (Å²) in [5, 5.41) is 0.369. The van der Waals surface area contributed by atoms with Gasteiger partial charge >= 0.3 is 5.97 Å². The molecule has 0 aliphatic carbocycles. The van der Waals surface area contributed by atoms with Crippen LogP contribution in [0.1, 0.15) is 16.1 Å². The quantitative estimate of drug-likeness (QED) is 0.348. The molecule has 0 N–H and O–H groups in total. The highest BCUT2D eigenvalue weighted by atomic mass is 19.1. The van der Waals surface area contributed by atoms with Gasteiger partial charge in [0, 0.05) is 6.07 Å². The highest BCUT2D eigenvalue weighted by Gasteiger charge is 2.15. The Labute approximate surface area is 171 Å². The van der Waals surface area contributed by atoms with Crippen LogP contribution < -0.4 is 14.9 Å². The zero-order chi connectivity index (χ0) is 21.3. The van der Waals surface area contributed by atoms with E-state index in [0.29, 0.717) is 28.0 Å². The highest BCUT2D eigenvalue weighted by molar-refractivity contribution is 5.92. The van der Waals surface area contributed by atoms with Crippen molar-refractivity contribution in [3.8, 4) is 22.6 Å². The third-order valence-corrected chi connectivity index (χ3v) is 4.71. The number of hydrogen-bond acceptors (Lipinski definition) is 5. The molecule has 1 heterocycles. The number of esters is 1. The van der Waals surface area contributed by atoms with Crippen LogP contribution in [-0.2, 0) is 0 Å². The number of methoxy groups -OCH3 is 1. The van der Waals surface area contributed by atoms with Gasteiger partial charge in [0.2, 0.25) is 5.43 Å². The summed E-state index contributed by atoms with van der Waals surface area (Å²) in [6.07, 6.45) is 0. The van der Waals surface area contributed by atoms with Crippen molar-refractivity contribution in [2.24, 2.45) is 0 Å². The fraction of sp³-hybridized carbons (Fsp3) is 0.0833. The lowest BCUT2D eigenvalue weighted by molar-refractivity contribution is 0.0735. The largest absolute Gasteiger partial charge is 0.497 e. The van der Waals surface area contributed by atoms with Gasteiger partial charge in [-0.25, -0.2) is 9.18 Å². The Bertz CT molecular complexity index is 1290. The lowest BCUT2D eigenvalue weighted by Gasteiger charge is -2.09. The summed E-state index contributed by atoms with van der Waals surface area (Å²) in [5.74, 6) is 0.274. The molecule has 30 heavy (non-hydrogen) atoms. The van der Waals surface area contributed by atoms with Gasteiger partial charge in [0.05, 0.1) is 23.6 Å². The fourth-order valence-corrected chi connectivity index (χ4v) is 3.19. The van der Waals surface area contributed by atoms with Gasteiger partial charge in [-0.3, -0.25) is 4.79 Å². The average Bonchev–Trinajstić information content (AvgIpc) is 2.74. The minimum Gasteiger partial charge on any atom is -0.497 e. The van der Waals surface area contributed by atoms with Gasteiger partial charge in [0.1, 0.15) is 28.7 Å². The summed E-state index contributed by atoms with van der Waals surface area (Å²) < 4.78 is 29.4. The van der Waals surface area contributed by atoms with E-state index in [0.717, 1.165) is 5.56 Å². The van der Waals surface area contributed by atoms with Crippen LogP contribution in [0.5, 0.6) is 11.5 Å². The van der Waals surface area contributed by atoms with Gasteiger partial charge in [-0.15, -0.1) is 0 Å². The lowest BCUT2D eigenvalue weighted by atomic mass is 10.0. The molecule has 1 aromatic heterocycles. The van der Waals surface area contributed by atoms with Crippen LogP contribution in [0.25, 0.3) is 22.1 Å². The number of benzene rings is 3. The van der Waals surface area contributed by atoms with E-state index in [1.807, 2.05) is 0 Å². The van der Waals surface area contributed by atoms with Crippen molar-refractivity contribution in [2.45, 2.75) is 6.92 Å². The molecule has 0 spiro atoms. The molecule has 0 bridgehead atoms. The number of rotatable bonds is 4. The second kappa shape index (κ2) is 7.83. The minimum atomic E-state index is -0.636. The van der Waals surface area contributed by atoms with Crippen LogP contribution in [0.4, 0.5) is 4.39 Å². The Hall–Kier alpha value is -3.93. The molecule has 0 fully saturated rings. The predicted octanol–water partition coefficient (Wildman–Crippen LogP) is 5.14. The Morgan fingerprint density at radius 1 is 0.933 bits per heavy atom. The normalized spacial score (nSPS) is 10.8. The molecule has 3 aromatic carbocycles. The first-order chi connectivity index (χ1) is 14.5. The highest BCUT2D eigenvalue weighted by Crippen LogP contribution is 2.28. The van der Waals surface area contributed by atoms with E-state index in [4.69, 9.17) is 13.9 Å². The van der Waals surface area contributed by atoms with Crippen LogP contribution in [0.2, 0.25) is 0 Å². The maximum Gasteiger partial charge on any atom is 0.343 e. The summed E-state index contributed by atoms with van der Waals surface area (Å²) in [6.45, 7) is 1.71. The number of ether oxygens (including phenoxy) is 2. The molecule has 6 heteroatoms. The van der Waals surface area contributed by atoms with Crippen LogP contribution in [0.15, 0.2) is 75.9 Å². The molecule has 0 amide bonds. The molecule has 150 valence electrons. The number of carbonyl (C=O) groups excluding carboxylic acids is 1. The van der Waals surface area contributed by atoms with Crippen molar-refractivity contribution in [3.05, 3.63) is 94.1 Å². The summed E-state index contributed by atoms with van der Waals surface area (Å²) >= 11 is 0. The van der Waals surface area contributed by atoms with Gasteiger partial charge in [-0.2, -0.15) is 0 Å². The lowest BCUT2D eigenvalue weighted by Crippen LogP contribution is -2.10. The van der Waals surface area contributed by atoms with Crippen molar-refractivity contribution < 1.29 is 23.1 Å². The van der Waals surface area contributed by atoms with E-state index in [-0.39, 0.29) is 16.7 Å². The first-order valence-corrected chi connectivity index (χ1v) is 9.16. The van der Waals surface area contributed by atoms with E-state index >= 15 is 0 Å². The summed E-state index contributed by atoms with van der Waals surface area (Å²) in [4.78, 5) is 25.3. The molecule has 0 aliphatic heterocycles. The molecule has 4 rings (SSSR count). The average molecular weight is 404 g/mol. The van der Waals surface area contributed by atoms with Gasteiger partial charge in [-0.1, -0.05) is 12.1 Å². The molecule has 0 saturated carbocycles. The molecule has 0 radical (unpaired) electrons. The second-order valence-corrected chi connectivity index (χ2v) is 6.65. The van der Waals surface area contributed by atoms with E-state index in [2.05, 4.69) is 0 Å². The zero-order valence-corrected chi connectivity index (χ0v) is 16.3. The smallest absolute Gasteiger partial charge is 0.343 e. The second-order valence-electron chi connectivity index (χ2n) is 6.65. The molecule has 0 aliphatic rings. The SMILES string of the molecule is COc1ccc(-c2c(C)oc3cc(OC(=O)c4ccc(F)cc4)ccc3c2=O)cc1. The van der Waals surface area contributed by atoms with E-state index in [1.165, 1.54) is 36.4 Å². The van der Waals surface area contributed by atoms with Gasteiger partial charge in [0.25, 0.3) is 0 Å². The molecular formula is C24H17FO5. The number of hydrogen-bond donors (Lipinski definition) is 0. The van der Waals surface area contributed by atoms with E-state index in [1.54, 1.807) is 44.4 Å². The van der Waals surface area contributed by atoms with Crippen molar-refractivity contribution in [2.75, 3.05) is 7.11 Å². The summed E-state index contributed by atoms with van der Waals surface area (Å²) in [5.41, 5.74) is 1.51. The molecule has 0 saturated heterocycles. The van der Waals surface area contributed by atoms with Crippen molar-refractivity contribution in [1.29, 1.82) is 0 Å². The summed E-state index contributed by atoms with van der Waals surface area (Å²) in [6, 6.07) is 16.7. The number of halogens is 1. The minimum absolute atomic E-state index is 0.185. The zero-order valence-electron chi connectivity index (χ0n) is 16.3. The van der Waals surface area contributed by atoms with Crippen LogP contribution in [-0.4, -0.2) is 13.1 Å². The van der Waals surface area contributed by atoms with Crippen LogP contribution in [0.3, 0.4) is 0 Å². The predicted molar refractivity (Wildman–Crippen MR) is 111 cm³/mol. The van der Waals surface area contributed by atoms with Crippen molar-refractivity contribution in [3.63, 3.8) is 0 Å². The fourth-order valence-electron chi connectivity index (χ4n) is 3.19. The Morgan fingerprint density at radius 3 is 2.27 bits per heavy atom. The standard InChI is InChI=1S/C24H17FO5/c1-14-22(15-5-9-18(28-2)10-6-15)23(26)20-12-11-19(13-21(20)29-14)30-24(27)16-3-7-17(25)8-4-16/h3-13H,1-2H3. The van der Waals surface area contributed by atoms with Crippen LogP contribution >= 0.6 is 0 Å². The molecule has 0 atom stereocenters. The summed E-state index contributed by atoms with van der Waals surface area (Å²) in [7, 11) is 1.57. The monoisotopic (exact) mass is 404 g/mol.